The van der Waals surface area contributed by atoms with Gasteiger partial charge in [-0.3, -0.25) is 4.99 Å². The molecule has 0 amide bonds. The van der Waals surface area contributed by atoms with E-state index in [2.05, 4.69) is 15.2 Å². The first kappa shape index (κ1) is 19.5. The maximum Gasteiger partial charge on any atom is 0.417 e. The maximum absolute atomic E-state index is 13.0. The lowest BCUT2D eigenvalue weighted by atomic mass is 10.1. The van der Waals surface area contributed by atoms with Crippen LogP contribution < -0.4 is 10.2 Å². The third kappa shape index (κ3) is 4.75. The number of hydrogen-bond acceptors (Lipinski definition) is 3. The van der Waals surface area contributed by atoms with E-state index in [0.717, 1.165) is 43.4 Å². The van der Waals surface area contributed by atoms with E-state index in [1.165, 1.54) is 24.8 Å². The molecule has 0 aromatic heterocycles. The molecule has 3 nitrogen and oxygen atoms in total. The minimum absolute atomic E-state index is 0.317. The highest BCUT2D eigenvalue weighted by Gasteiger charge is 2.33. The van der Waals surface area contributed by atoms with Gasteiger partial charge >= 0.3 is 6.18 Å². The number of halogens is 4. The van der Waals surface area contributed by atoms with Crippen molar-refractivity contribution < 1.29 is 13.2 Å². The van der Waals surface area contributed by atoms with Crippen molar-refractivity contribution in [2.75, 3.05) is 30.4 Å². The molecule has 27 heavy (non-hydrogen) atoms. The molecule has 1 fully saturated rings. The molecule has 1 aliphatic rings. The van der Waals surface area contributed by atoms with Crippen molar-refractivity contribution in [1.82, 2.24) is 0 Å². The summed E-state index contributed by atoms with van der Waals surface area (Å²) >= 11 is 5.67. The fourth-order valence-corrected chi connectivity index (χ4v) is 3.40. The molecule has 2 aromatic carbocycles. The average Bonchev–Trinajstić information content (AvgIpc) is 2.67. The molecule has 3 rings (SSSR count). The van der Waals surface area contributed by atoms with E-state index in [1.54, 1.807) is 7.05 Å². The van der Waals surface area contributed by atoms with Gasteiger partial charge in [0, 0.05) is 32.0 Å². The highest BCUT2D eigenvalue weighted by molar-refractivity contribution is 6.31. The van der Waals surface area contributed by atoms with Gasteiger partial charge in [-0.05, 0) is 55.2 Å². The lowest BCUT2D eigenvalue weighted by Crippen LogP contribution is -2.29. The highest BCUT2D eigenvalue weighted by atomic mass is 35.5. The molecule has 1 N–H and O–H groups in total. The van der Waals surface area contributed by atoms with E-state index in [4.69, 9.17) is 11.6 Å². The largest absolute Gasteiger partial charge is 0.417 e. The summed E-state index contributed by atoms with van der Waals surface area (Å²) in [6.07, 6.45) is 0.510. The van der Waals surface area contributed by atoms with Crippen LogP contribution >= 0.6 is 11.6 Å². The van der Waals surface area contributed by atoms with Crippen LogP contribution in [0.15, 0.2) is 41.4 Å². The maximum atomic E-state index is 13.0. The molecular formula is C20H21ClF3N3. The van der Waals surface area contributed by atoms with Crippen LogP contribution in [0.3, 0.4) is 0 Å². The van der Waals surface area contributed by atoms with Crippen LogP contribution in [0.5, 0.6) is 0 Å². The number of alkyl halides is 3. The van der Waals surface area contributed by atoms with Crippen LogP contribution in [-0.4, -0.2) is 26.4 Å². The zero-order valence-electron chi connectivity index (χ0n) is 15.0. The van der Waals surface area contributed by atoms with Gasteiger partial charge in [0.2, 0.25) is 0 Å². The predicted molar refractivity (Wildman–Crippen MR) is 106 cm³/mol. The van der Waals surface area contributed by atoms with Crippen LogP contribution in [0.4, 0.5) is 30.2 Å². The summed E-state index contributed by atoms with van der Waals surface area (Å²) in [7, 11) is 1.79. The molecule has 0 radical (unpaired) electrons. The Hall–Kier alpha value is -2.21. The van der Waals surface area contributed by atoms with Crippen molar-refractivity contribution in [3.8, 4) is 0 Å². The lowest BCUT2D eigenvalue weighted by Gasteiger charge is -2.29. The Bertz CT molecular complexity index is 828. The lowest BCUT2D eigenvalue weighted by molar-refractivity contribution is -0.137. The molecule has 1 saturated heterocycles. The average molecular weight is 396 g/mol. The van der Waals surface area contributed by atoms with Crippen LogP contribution in [-0.2, 0) is 6.18 Å². The Morgan fingerprint density at radius 1 is 1.07 bits per heavy atom. The first-order valence-corrected chi connectivity index (χ1v) is 9.24. The van der Waals surface area contributed by atoms with Crippen molar-refractivity contribution in [1.29, 1.82) is 0 Å². The number of nitrogens with one attached hydrogen (secondary N) is 1. The van der Waals surface area contributed by atoms with Gasteiger partial charge in [-0.2, -0.15) is 13.2 Å². The first-order valence-electron chi connectivity index (χ1n) is 8.86. The molecule has 1 heterocycles. The normalized spacial score (nSPS) is 15.4. The summed E-state index contributed by atoms with van der Waals surface area (Å²) in [5.41, 5.74) is 2.07. The van der Waals surface area contributed by atoms with Gasteiger partial charge in [0.1, 0.15) is 0 Å². The Morgan fingerprint density at radius 2 is 1.81 bits per heavy atom. The summed E-state index contributed by atoms with van der Waals surface area (Å²) in [4.78, 5) is 6.74. The molecule has 1 aliphatic heterocycles. The highest BCUT2D eigenvalue weighted by Crippen LogP contribution is 2.35. The Balaban J connectivity index is 1.90. The molecule has 0 spiro atoms. The van der Waals surface area contributed by atoms with Gasteiger partial charge in [-0.25, -0.2) is 0 Å². The van der Waals surface area contributed by atoms with E-state index < -0.39 is 11.7 Å². The summed E-state index contributed by atoms with van der Waals surface area (Å²) in [5.74, 6) is 0. The third-order valence-corrected chi connectivity index (χ3v) is 4.95. The van der Waals surface area contributed by atoms with Gasteiger partial charge in [0.05, 0.1) is 22.0 Å². The molecule has 7 heteroatoms. The summed E-state index contributed by atoms with van der Waals surface area (Å²) in [5, 5.41) is 2.76. The van der Waals surface area contributed by atoms with E-state index >= 15 is 0 Å². The standard InChI is InChI=1S/C20H21ClF3N3/c1-25-18-8-6-15(27-9-3-2-4-10-27)12-19(18)26-13-14-5-7-17(21)16(11-14)20(22,23)24/h5-8,11-13,25H,2-4,9-10H2,1H3. The SMILES string of the molecule is CNc1ccc(N2CCCCC2)cc1N=Cc1ccc(Cl)c(C(F)(F)F)c1. The van der Waals surface area contributed by atoms with Gasteiger partial charge in [-0.1, -0.05) is 17.7 Å². The van der Waals surface area contributed by atoms with Crippen LogP contribution in [0, 0.1) is 0 Å². The van der Waals surface area contributed by atoms with E-state index in [1.807, 2.05) is 18.2 Å². The summed E-state index contributed by atoms with van der Waals surface area (Å²) in [6, 6.07) is 9.73. The zero-order valence-corrected chi connectivity index (χ0v) is 15.7. The quantitative estimate of drug-likeness (QED) is 0.629. The number of nitrogens with zero attached hydrogens (tertiary/aromatic N) is 2. The van der Waals surface area contributed by atoms with Crippen LogP contribution in [0.1, 0.15) is 30.4 Å². The molecule has 2 aromatic rings. The van der Waals surface area contributed by atoms with Crippen molar-refractivity contribution in [3.63, 3.8) is 0 Å². The second kappa shape index (κ2) is 8.21. The molecule has 0 atom stereocenters. The Morgan fingerprint density at radius 3 is 2.48 bits per heavy atom. The van der Waals surface area contributed by atoms with Crippen molar-refractivity contribution >= 4 is 34.9 Å². The van der Waals surface area contributed by atoms with Gasteiger partial charge in [0.25, 0.3) is 0 Å². The zero-order chi connectivity index (χ0) is 19.4. The minimum atomic E-state index is -4.49. The smallest absolute Gasteiger partial charge is 0.386 e. The number of anilines is 2. The van der Waals surface area contributed by atoms with E-state index in [0.29, 0.717) is 11.3 Å². The second-order valence-corrected chi connectivity index (χ2v) is 6.90. The molecule has 0 bridgehead atoms. The molecule has 0 unspecified atom stereocenters. The topological polar surface area (TPSA) is 27.6 Å². The van der Waals surface area contributed by atoms with E-state index in [-0.39, 0.29) is 5.02 Å². The predicted octanol–water partition coefficient (Wildman–Crippen LogP) is 6.14. The summed E-state index contributed by atoms with van der Waals surface area (Å²) in [6.45, 7) is 2.02. The van der Waals surface area contributed by atoms with Crippen molar-refractivity contribution in [3.05, 3.63) is 52.5 Å². The van der Waals surface area contributed by atoms with Crippen LogP contribution in [0.2, 0.25) is 5.02 Å². The minimum Gasteiger partial charge on any atom is -0.386 e. The first-order chi connectivity index (χ1) is 12.9. The van der Waals surface area contributed by atoms with Gasteiger partial charge in [-0.15, -0.1) is 0 Å². The number of rotatable bonds is 4. The number of benzene rings is 2. The molecule has 0 saturated carbocycles. The van der Waals surface area contributed by atoms with Crippen LogP contribution in [0.25, 0.3) is 0 Å². The fraction of sp³-hybridized carbons (Fsp3) is 0.350. The number of hydrogen-bond donors (Lipinski definition) is 1. The Kier molecular flexibility index (Phi) is 5.95. The number of piperidine rings is 1. The molecule has 144 valence electrons. The van der Waals surface area contributed by atoms with Gasteiger partial charge in [0.15, 0.2) is 0 Å². The molecule has 0 aliphatic carbocycles. The van der Waals surface area contributed by atoms with Gasteiger partial charge < -0.3 is 10.2 Å². The third-order valence-electron chi connectivity index (χ3n) is 4.62. The number of aliphatic imine (C=N–C) groups is 1. The Labute approximate surface area is 161 Å². The second-order valence-electron chi connectivity index (χ2n) is 6.49. The monoisotopic (exact) mass is 395 g/mol. The summed E-state index contributed by atoms with van der Waals surface area (Å²) < 4.78 is 39.1. The van der Waals surface area contributed by atoms with Crippen molar-refractivity contribution in [2.45, 2.75) is 25.4 Å². The fourth-order valence-electron chi connectivity index (χ4n) is 3.17. The molecular weight excluding hydrogens is 375 g/mol. The van der Waals surface area contributed by atoms with Crippen molar-refractivity contribution in [2.24, 2.45) is 4.99 Å². The van der Waals surface area contributed by atoms with E-state index in [9.17, 15) is 13.2 Å².